The smallest absolute Gasteiger partial charge is 0.326 e. The van der Waals surface area contributed by atoms with E-state index in [-0.39, 0.29) is 19.3 Å². The summed E-state index contributed by atoms with van der Waals surface area (Å²) in [5.41, 5.74) is 2.29. The Morgan fingerprint density at radius 3 is 2.33 bits per heavy atom. The quantitative estimate of drug-likeness (QED) is 0.652. The zero-order chi connectivity index (χ0) is 16.2. The van der Waals surface area contributed by atoms with Crippen LogP contribution < -0.4 is 5.32 Å². The summed E-state index contributed by atoms with van der Waals surface area (Å²) in [6.45, 7) is 3.59. The standard InChI is InChI=1S/C13H19N3O5/c1-7-9(8(2)16(3)15-7)6-11(17)14-10(13(20)21)4-5-12(18)19/h10H,4-6H2,1-3H3,(H,14,17)(H,18,19)(H,20,21)/t10-/m0/s1. The van der Waals surface area contributed by atoms with Gasteiger partial charge in [0.05, 0.1) is 12.1 Å². The molecular formula is C13H19N3O5. The van der Waals surface area contributed by atoms with Gasteiger partial charge in [0.15, 0.2) is 0 Å². The van der Waals surface area contributed by atoms with E-state index in [1.807, 2.05) is 6.92 Å². The predicted octanol–water partition coefficient (Wildman–Crippen LogP) is 0.0136. The maximum Gasteiger partial charge on any atom is 0.326 e. The molecular weight excluding hydrogens is 278 g/mol. The molecule has 0 aliphatic carbocycles. The van der Waals surface area contributed by atoms with Crippen molar-refractivity contribution in [3.63, 3.8) is 0 Å². The summed E-state index contributed by atoms with van der Waals surface area (Å²) in [6.07, 6.45) is -0.452. The number of nitrogens with one attached hydrogen (secondary N) is 1. The molecule has 0 aliphatic heterocycles. The molecule has 0 bridgehead atoms. The van der Waals surface area contributed by atoms with Gasteiger partial charge in [0.25, 0.3) is 0 Å². The monoisotopic (exact) mass is 297 g/mol. The highest BCUT2D eigenvalue weighted by atomic mass is 16.4. The third-order valence-electron chi connectivity index (χ3n) is 3.28. The van der Waals surface area contributed by atoms with E-state index < -0.39 is 23.9 Å². The van der Waals surface area contributed by atoms with Crippen LogP contribution in [0.3, 0.4) is 0 Å². The molecule has 1 heterocycles. The molecule has 1 aromatic heterocycles. The van der Waals surface area contributed by atoms with Crippen molar-refractivity contribution in [3.05, 3.63) is 17.0 Å². The summed E-state index contributed by atoms with van der Waals surface area (Å²) >= 11 is 0. The Morgan fingerprint density at radius 1 is 1.29 bits per heavy atom. The van der Waals surface area contributed by atoms with Gasteiger partial charge < -0.3 is 15.5 Å². The Labute approximate surface area is 121 Å². The Balaban J connectivity index is 2.70. The number of aromatic nitrogens is 2. The van der Waals surface area contributed by atoms with Gasteiger partial charge in [-0.15, -0.1) is 0 Å². The largest absolute Gasteiger partial charge is 0.481 e. The Hall–Kier alpha value is -2.38. The molecule has 0 aliphatic rings. The minimum absolute atomic E-state index is 0.0162. The molecule has 0 unspecified atom stereocenters. The second-order valence-electron chi connectivity index (χ2n) is 4.84. The number of aryl methyl sites for hydroxylation is 2. The van der Waals surface area contributed by atoms with Gasteiger partial charge in [-0.05, 0) is 20.3 Å². The number of nitrogens with zero attached hydrogens (tertiary/aromatic N) is 2. The van der Waals surface area contributed by atoms with Crippen LogP contribution in [0.1, 0.15) is 29.8 Å². The first-order chi connectivity index (χ1) is 9.72. The van der Waals surface area contributed by atoms with Gasteiger partial charge in [0.1, 0.15) is 6.04 Å². The van der Waals surface area contributed by atoms with E-state index in [1.165, 1.54) is 0 Å². The third kappa shape index (κ3) is 4.59. The lowest BCUT2D eigenvalue weighted by atomic mass is 10.1. The van der Waals surface area contributed by atoms with E-state index in [1.54, 1.807) is 18.7 Å². The molecule has 8 heteroatoms. The number of hydrogen-bond acceptors (Lipinski definition) is 4. The molecule has 0 fully saturated rings. The number of rotatable bonds is 7. The van der Waals surface area contributed by atoms with Crippen LogP contribution in [-0.4, -0.2) is 43.9 Å². The lowest BCUT2D eigenvalue weighted by molar-refractivity contribution is -0.143. The lowest BCUT2D eigenvalue weighted by Gasteiger charge is -2.13. The number of hydrogen-bond donors (Lipinski definition) is 3. The Morgan fingerprint density at radius 2 is 1.90 bits per heavy atom. The van der Waals surface area contributed by atoms with Gasteiger partial charge in [-0.3, -0.25) is 14.3 Å². The minimum atomic E-state index is -1.25. The van der Waals surface area contributed by atoms with Crippen molar-refractivity contribution in [3.8, 4) is 0 Å². The molecule has 8 nitrogen and oxygen atoms in total. The first-order valence-electron chi connectivity index (χ1n) is 6.45. The molecule has 1 aromatic rings. The van der Waals surface area contributed by atoms with Crippen molar-refractivity contribution >= 4 is 17.8 Å². The van der Waals surface area contributed by atoms with Gasteiger partial charge in [-0.2, -0.15) is 5.10 Å². The molecule has 1 rings (SSSR count). The summed E-state index contributed by atoms with van der Waals surface area (Å²) in [5.74, 6) is -2.81. The molecule has 1 atom stereocenters. The van der Waals surface area contributed by atoms with Crippen LogP contribution in [-0.2, 0) is 27.9 Å². The van der Waals surface area contributed by atoms with Crippen LogP contribution in [0.4, 0.5) is 0 Å². The van der Waals surface area contributed by atoms with E-state index >= 15 is 0 Å². The topological polar surface area (TPSA) is 122 Å². The number of carbonyl (C=O) groups is 3. The molecule has 21 heavy (non-hydrogen) atoms. The van der Waals surface area contributed by atoms with Crippen LogP contribution in [0.15, 0.2) is 0 Å². The second-order valence-corrected chi connectivity index (χ2v) is 4.84. The highest BCUT2D eigenvalue weighted by molar-refractivity contribution is 5.85. The molecule has 1 amide bonds. The van der Waals surface area contributed by atoms with Crippen LogP contribution >= 0.6 is 0 Å². The zero-order valence-corrected chi connectivity index (χ0v) is 12.2. The predicted molar refractivity (Wildman–Crippen MR) is 72.8 cm³/mol. The van der Waals surface area contributed by atoms with Crippen LogP contribution in [0, 0.1) is 13.8 Å². The average molecular weight is 297 g/mol. The summed E-state index contributed by atoms with van der Waals surface area (Å²) in [5, 5.41) is 24.1. The van der Waals surface area contributed by atoms with E-state index in [4.69, 9.17) is 10.2 Å². The fourth-order valence-electron chi connectivity index (χ4n) is 2.00. The highest BCUT2D eigenvalue weighted by Crippen LogP contribution is 2.12. The molecule has 116 valence electrons. The summed E-state index contributed by atoms with van der Waals surface area (Å²) in [7, 11) is 1.76. The number of aliphatic carboxylic acids is 2. The first kappa shape index (κ1) is 16.7. The van der Waals surface area contributed by atoms with Crippen molar-refractivity contribution in [2.75, 3.05) is 0 Å². The first-order valence-corrected chi connectivity index (χ1v) is 6.45. The van der Waals surface area contributed by atoms with Gasteiger partial charge >= 0.3 is 11.9 Å². The van der Waals surface area contributed by atoms with Crippen LogP contribution in [0.2, 0.25) is 0 Å². The molecule has 0 aromatic carbocycles. The van der Waals surface area contributed by atoms with Gasteiger partial charge in [-0.1, -0.05) is 0 Å². The number of carboxylic acids is 2. The van der Waals surface area contributed by atoms with Crippen molar-refractivity contribution in [1.82, 2.24) is 15.1 Å². The normalized spacial score (nSPS) is 12.0. The van der Waals surface area contributed by atoms with E-state index in [2.05, 4.69) is 10.4 Å². The lowest BCUT2D eigenvalue weighted by Crippen LogP contribution is -2.41. The molecule has 0 spiro atoms. The van der Waals surface area contributed by atoms with Gasteiger partial charge in [0, 0.05) is 24.7 Å². The maximum atomic E-state index is 11.9. The number of carbonyl (C=O) groups excluding carboxylic acids is 1. The molecule has 0 saturated heterocycles. The summed E-state index contributed by atoms with van der Waals surface area (Å²) < 4.78 is 1.65. The molecule has 3 N–H and O–H groups in total. The average Bonchev–Trinajstić information content (AvgIpc) is 2.60. The molecule has 0 radical (unpaired) electrons. The van der Waals surface area contributed by atoms with Crippen molar-refractivity contribution in [2.24, 2.45) is 7.05 Å². The van der Waals surface area contributed by atoms with Crippen LogP contribution in [0.25, 0.3) is 0 Å². The SMILES string of the molecule is Cc1nn(C)c(C)c1CC(=O)N[C@@H](CCC(=O)O)C(=O)O. The van der Waals surface area contributed by atoms with Crippen LogP contribution in [0.5, 0.6) is 0 Å². The number of amides is 1. The van der Waals surface area contributed by atoms with Crippen molar-refractivity contribution in [2.45, 2.75) is 39.2 Å². The van der Waals surface area contributed by atoms with E-state index in [9.17, 15) is 14.4 Å². The maximum absolute atomic E-state index is 11.9. The number of carboxylic acid groups (broad SMARTS) is 2. The minimum Gasteiger partial charge on any atom is -0.481 e. The Kier molecular flexibility index (Phi) is 5.45. The van der Waals surface area contributed by atoms with Gasteiger partial charge in [0.2, 0.25) is 5.91 Å². The fraction of sp³-hybridized carbons (Fsp3) is 0.538. The van der Waals surface area contributed by atoms with Gasteiger partial charge in [-0.25, -0.2) is 4.79 Å². The summed E-state index contributed by atoms with van der Waals surface area (Å²) in [6, 6.07) is -1.20. The van der Waals surface area contributed by atoms with Crippen molar-refractivity contribution in [1.29, 1.82) is 0 Å². The highest BCUT2D eigenvalue weighted by Gasteiger charge is 2.22. The second kappa shape index (κ2) is 6.87. The Bertz CT molecular complexity index is 564. The summed E-state index contributed by atoms with van der Waals surface area (Å²) in [4.78, 5) is 33.4. The van der Waals surface area contributed by atoms with Crippen molar-refractivity contribution < 1.29 is 24.6 Å². The van der Waals surface area contributed by atoms with E-state index in [0.29, 0.717) is 5.69 Å². The third-order valence-corrected chi connectivity index (χ3v) is 3.28. The van der Waals surface area contributed by atoms with E-state index in [0.717, 1.165) is 11.3 Å². The fourth-order valence-corrected chi connectivity index (χ4v) is 2.00. The molecule has 0 saturated carbocycles. The zero-order valence-electron chi connectivity index (χ0n) is 12.2.